The van der Waals surface area contributed by atoms with E-state index in [4.69, 9.17) is 16.3 Å². The molecule has 1 N–H and O–H groups in total. The van der Waals surface area contributed by atoms with E-state index in [1.807, 2.05) is 19.9 Å². The average molecular weight is 555 g/mol. The van der Waals surface area contributed by atoms with E-state index < -0.39 is 45.3 Å². The van der Waals surface area contributed by atoms with Crippen molar-refractivity contribution in [1.82, 2.24) is 5.32 Å². The van der Waals surface area contributed by atoms with E-state index in [9.17, 15) is 26.4 Å². The van der Waals surface area contributed by atoms with Gasteiger partial charge in [0.25, 0.3) is 10.0 Å². The average Bonchev–Trinajstić information content (AvgIpc) is 2.86. The largest absolute Gasteiger partial charge is 0.496 e. The van der Waals surface area contributed by atoms with Gasteiger partial charge in [0.05, 0.1) is 34.3 Å². The molecule has 0 bridgehead atoms. The van der Waals surface area contributed by atoms with Crippen LogP contribution < -0.4 is 14.4 Å². The fraction of sp³-hybridized carbons (Fsp3) is 0.269. The van der Waals surface area contributed by atoms with Crippen molar-refractivity contribution in [3.8, 4) is 5.75 Å². The number of rotatable bonds is 9. The normalized spacial score (nSPS) is 12.6. The highest BCUT2D eigenvalue weighted by atomic mass is 35.5. The minimum atomic E-state index is -4.82. The molecule has 1 atom stereocenters. The summed E-state index contributed by atoms with van der Waals surface area (Å²) in [5.74, 6) is -0.0170. The van der Waals surface area contributed by atoms with Gasteiger partial charge in [0, 0.05) is 0 Å². The third-order valence-electron chi connectivity index (χ3n) is 5.73. The van der Waals surface area contributed by atoms with Crippen molar-refractivity contribution in [3.63, 3.8) is 0 Å². The molecule has 3 rings (SSSR count). The number of ether oxygens (including phenoxy) is 1. The lowest BCUT2D eigenvalue weighted by atomic mass is 10.0. The number of carbonyl (C=O) groups is 1. The van der Waals surface area contributed by atoms with Crippen LogP contribution in [-0.2, 0) is 21.0 Å². The Kier molecular flexibility index (Phi) is 8.76. The first kappa shape index (κ1) is 28.3. The van der Waals surface area contributed by atoms with Crippen LogP contribution in [0.3, 0.4) is 0 Å². The molecule has 11 heteroatoms. The van der Waals surface area contributed by atoms with Crippen LogP contribution in [0.5, 0.6) is 5.75 Å². The van der Waals surface area contributed by atoms with Crippen molar-refractivity contribution in [2.75, 3.05) is 18.0 Å². The molecule has 0 heterocycles. The number of hydrogen-bond donors (Lipinski definition) is 1. The summed E-state index contributed by atoms with van der Waals surface area (Å²) in [5.41, 5.74) is 0.0730. The van der Waals surface area contributed by atoms with Crippen LogP contribution in [0, 0.1) is 6.92 Å². The zero-order valence-corrected chi connectivity index (χ0v) is 21.9. The number of sulfonamides is 1. The van der Waals surface area contributed by atoms with E-state index in [1.165, 1.54) is 24.3 Å². The molecule has 37 heavy (non-hydrogen) atoms. The Morgan fingerprint density at radius 3 is 2.32 bits per heavy atom. The molecule has 0 spiro atoms. The lowest BCUT2D eigenvalue weighted by molar-refractivity contribution is -0.137. The van der Waals surface area contributed by atoms with Crippen LogP contribution in [0.1, 0.15) is 36.1 Å². The molecule has 0 aromatic heterocycles. The smallest absolute Gasteiger partial charge is 0.417 e. The van der Waals surface area contributed by atoms with Crippen molar-refractivity contribution < 1.29 is 31.1 Å². The number of anilines is 1. The number of halogens is 4. The molecule has 1 amide bonds. The first-order valence-electron chi connectivity index (χ1n) is 11.3. The number of aryl methyl sites for hydroxylation is 1. The quantitative estimate of drug-likeness (QED) is 0.345. The molecular weight excluding hydrogens is 529 g/mol. The Hall–Kier alpha value is -3.24. The van der Waals surface area contributed by atoms with Crippen molar-refractivity contribution in [1.29, 1.82) is 0 Å². The van der Waals surface area contributed by atoms with Gasteiger partial charge in [0.1, 0.15) is 12.3 Å². The van der Waals surface area contributed by atoms with Crippen molar-refractivity contribution >= 4 is 33.2 Å². The first-order valence-corrected chi connectivity index (χ1v) is 13.1. The highest BCUT2D eigenvalue weighted by molar-refractivity contribution is 7.92. The zero-order chi connectivity index (χ0) is 27.4. The molecule has 0 saturated heterocycles. The second kappa shape index (κ2) is 11.4. The Morgan fingerprint density at radius 2 is 1.76 bits per heavy atom. The van der Waals surface area contributed by atoms with Crippen LogP contribution in [0.25, 0.3) is 0 Å². The maximum atomic E-state index is 13.5. The van der Waals surface area contributed by atoms with E-state index >= 15 is 0 Å². The number of hydrogen-bond acceptors (Lipinski definition) is 4. The highest BCUT2D eigenvalue weighted by Crippen LogP contribution is 2.38. The van der Waals surface area contributed by atoms with Gasteiger partial charge in [0.2, 0.25) is 5.91 Å². The Labute approximate surface area is 219 Å². The number of nitrogens with one attached hydrogen (secondary N) is 1. The summed E-state index contributed by atoms with van der Waals surface area (Å²) in [4.78, 5) is 12.9. The van der Waals surface area contributed by atoms with Gasteiger partial charge in [-0.05, 0) is 60.9 Å². The molecule has 3 aromatic carbocycles. The summed E-state index contributed by atoms with van der Waals surface area (Å²) in [6, 6.07) is 14.8. The summed E-state index contributed by atoms with van der Waals surface area (Å²) in [5, 5.41) is 2.21. The SMILES string of the molecule is CC[C@H](NC(=O)CN(c1ccc(Cl)c(C(F)(F)F)c1)S(=O)(=O)c1ccccc1)c1ccc(OC)c(C)c1. The van der Waals surface area contributed by atoms with Gasteiger partial charge in [0.15, 0.2) is 0 Å². The molecule has 0 aliphatic heterocycles. The van der Waals surface area contributed by atoms with Gasteiger partial charge in [-0.25, -0.2) is 8.42 Å². The summed E-state index contributed by atoms with van der Waals surface area (Å²) in [6.07, 6.45) is -4.33. The van der Waals surface area contributed by atoms with Crippen LogP contribution in [0.4, 0.5) is 18.9 Å². The number of benzene rings is 3. The maximum absolute atomic E-state index is 13.5. The van der Waals surface area contributed by atoms with Crippen LogP contribution in [0.15, 0.2) is 71.6 Å². The van der Waals surface area contributed by atoms with E-state index in [-0.39, 0.29) is 10.6 Å². The second-order valence-corrected chi connectivity index (χ2v) is 10.5. The van der Waals surface area contributed by atoms with Crippen LogP contribution in [0.2, 0.25) is 5.02 Å². The zero-order valence-electron chi connectivity index (χ0n) is 20.3. The number of carbonyl (C=O) groups excluding carboxylic acids is 1. The molecule has 0 fully saturated rings. The molecule has 3 aromatic rings. The van der Waals surface area contributed by atoms with Crippen LogP contribution in [-0.4, -0.2) is 28.0 Å². The highest BCUT2D eigenvalue weighted by Gasteiger charge is 2.35. The van der Waals surface area contributed by atoms with Gasteiger partial charge in [-0.1, -0.05) is 48.9 Å². The molecule has 0 aliphatic rings. The third-order valence-corrected chi connectivity index (χ3v) is 7.84. The third kappa shape index (κ3) is 6.56. The minimum Gasteiger partial charge on any atom is -0.496 e. The Balaban J connectivity index is 1.99. The van der Waals surface area contributed by atoms with E-state index in [0.717, 1.165) is 23.3 Å². The monoisotopic (exact) mass is 554 g/mol. The van der Waals surface area contributed by atoms with E-state index in [0.29, 0.717) is 22.5 Å². The second-order valence-electron chi connectivity index (χ2n) is 8.24. The van der Waals surface area contributed by atoms with Gasteiger partial charge >= 0.3 is 6.18 Å². The summed E-state index contributed by atoms with van der Waals surface area (Å²) >= 11 is 5.74. The summed E-state index contributed by atoms with van der Waals surface area (Å²) in [6.45, 7) is 2.95. The number of alkyl halides is 3. The summed E-state index contributed by atoms with van der Waals surface area (Å²) in [7, 11) is -2.86. The van der Waals surface area contributed by atoms with Gasteiger partial charge in [-0.15, -0.1) is 0 Å². The van der Waals surface area contributed by atoms with Gasteiger partial charge in [-0.2, -0.15) is 13.2 Å². The Bertz CT molecular complexity index is 1370. The standard InChI is InChI=1S/C26H26ClF3N2O4S/c1-4-23(18-10-13-24(36-3)17(2)14-18)31-25(33)16-32(37(34,35)20-8-6-5-7-9-20)19-11-12-22(27)21(15-19)26(28,29)30/h5-15,23H,4,16H2,1-3H3,(H,31,33)/t23-/m0/s1. The molecule has 0 unspecified atom stereocenters. The molecule has 0 radical (unpaired) electrons. The van der Waals surface area contributed by atoms with Crippen molar-refractivity contribution in [3.05, 3.63) is 88.4 Å². The summed E-state index contributed by atoms with van der Waals surface area (Å²) < 4.78 is 73.4. The molecule has 0 saturated carbocycles. The molecule has 198 valence electrons. The number of nitrogens with zero attached hydrogens (tertiary/aromatic N) is 1. The number of amides is 1. The van der Waals surface area contributed by atoms with Crippen molar-refractivity contribution in [2.45, 2.75) is 37.4 Å². The van der Waals surface area contributed by atoms with Crippen LogP contribution >= 0.6 is 11.6 Å². The van der Waals surface area contributed by atoms with Gasteiger partial charge in [-0.3, -0.25) is 9.10 Å². The Morgan fingerprint density at radius 1 is 1.08 bits per heavy atom. The predicted octanol–water partition coefficient (Wildman–Crippen LogP) is 6.14. The lowest BCUT2D eigenvalue weighted by Crippen LogP contribution is -2.42. The predicted molar refractivity (Wildman–Crippen MR) is 136 cm³/mol. The fourth-order valence-electron chi connectivity index (χ4n) is 3.83. The maximum Gasteiger partial charge on any atom is 0.417 e. The van der Waals surface area contributed by atoms with E-state index in [1.54, 1.807) is 25.3 Å². The number of methoxy groups -OCH3 is 1. The van der Waals surface area contributed by atoms with Crippen molar-refractivity contribution in [2.24, 2.45) is 0 Å². The lowest BCUT2D eigenvalue weighted by Gasteiger charge is -2.26. The topological polar surface area (TPSA) is 75.7 Å². The fourth-order valence-corrected chi connectivity index (χ4v) is 5.49. The van der Waals surface area contributed by atoms with E-state index in [2.05, 4.69) is 5.32 Å². The first-order chi connectivity index (χ1) is 17.4. The molecular formula is C26H26ClF3N2O4S. The molecule has 0 aliphatic carbocycles. The molecule has 6 nitrogen and oxygen atoms in total. The minimum absolute atomic E-state index is 0.177. The van der Waals surface area contributed by atoms with Gasteiger partial charge < -0.3 is 10.1 Å².